The molecule has 0 aromatic carbocycles. The molecular formula is C17H24N4O2. The molecule has 1 unspecified atom stereocenters. The monoisotopic (exact) mass is 316 g/mol. The summed E-state index contributed by atoms with van der Waals surface area (Å²) in [5, 5.41) is 13.7. The zero-order chi connectivity index (χ0) is 16.3. The van der Waals surface area contributed by atoms with Gasteiger partial charge < -0.3 is 9.84 Å². The molecule has 1 saturated heterocycles. The van der Waals surface area contributed by atoms with Gasteiger partial charge in [-0.1, -0.05) is 13.8 Å². The number of aliphatic hydroxyl groups excluding tert-OH is 1. The van der Waals surface area contributed by atoms with E-state index in [4.69, 9.17) is 14.8 Å². The van der Waals surface area contributed by atoms with Crippen molar-refractivity contribution < 1.29 is 9.84 Å². The number of rotatable bonds is 5. The van der Waals surface area contributed by atoms with Crippen molar-refractivity contribution in [2.75, 3.05) is 13.2 Å². The molecule has 6 heteroatoms. The molecule has 0 radical (unpaired) electrons. The smallest absolute Gasteiger partial charge is 0.181 e. The van der Waals surface area contributed by atoms with Crippen LogP contribution in [0.15, 0.2) is 24.5 Å². The third-order valence-corrected chi connectivity index (χ3v) is 4.21. The van der Waals surface area contributed by atoms with Gasteiger partial charge in [-0.05, 0) is 36.8 Å². The van der Waals surface area contributed by atoms with Crippen LogP contribution >= 0.6 is 0 Å². The summed E-state index contributed by atoms with van der Waals surface area (Å²) in [5.41, 5.74) is 1.17. The summed E-state index contributed by atoms with van der Waals surface area (Å²) >= 11 is 0. The molecule has 1 N–H and O–H groups in total. The molecule has 23 heavy (non-hydrogen) atoms. The molecule has 1 aliphatic rings. The number of nitrogens with zero attached hydrogens (tertiary/aromatic N) is 4. The van der Waals surface area contributed by atoms with Crippen LogP contribution < -0.4 is 0 Å². The summed E-state index contributed by atoms with van der Waals surface area (Å²) < 4.78 is 7.93. The topological polar surface area (TPSA) is 73.1 Å². The molecule has 6 nitrogen and oxygen atoms in total. The van der Waals surface area contributed by atoms with Crippen molar-refractivity contribution in [1.82, 2.24) is 19.7 Å². The molecule has 3 rings (SSSR count). The number of hydrogen-bond donors (Lipinski definition) is 1. The van der Waals surface area contributed by atoms with Crippen LogP contribution in [0, 0.1) is 5.41 Å². The van der Waals surface area contributed by atoms with Crippen LogP contribution in [0.3, 0.4) is 0 Å². The van der Waals surface area contributed by atoms with Crippen LogP contribution in [0.2, 0.25) is 0 Å². The van der Waals surface area contributed by atoms with E-state index in [1.54, 1.807) is 12.4 Å². The lowest BCUT2D eigenvalue weighted by molar-refractivity contribution is -0.0556. The van der Waals surface area contributed by atoms with Crippen molar-refractivity contribution >= 4 is 0 Å². The van der Waals surface area contributed by atoms with Gasteiger partial charge in [0.15, 0.2) is 11.6 Å². The molecular weight excluding hydrogens is 292 g/mol. The van der Waals surface area contributed by atoms with E-state index in [1.165, 1.54) is 0 Å². The van der Waals surface area contributed by atoms with Crippen LogP contribution in [0.1, 0.15) is 45.0 Å². The van der Waals surface area contributed by atoms with Crippen molar-refractivity contribution in [3.8, 4) is 11.4 Å². The fourth-order valence-corrected chi connectivity index (χ4v) is 2.81. The van der Waals surface area contributed by atoms with E-state index in [9.17, 15) is 0 Å². The Labute approximate surface area is 136 Å². The van der Waals surface area contributed by atoms with Gasteiger partial charge in [0.2, 0.25) is 0 Å². The van der Waals surface area contributed by atoms with Crippen molar-refractivity contribution in [3.63, 3.8) is 0 Å². The fraction of sp³-hybridized carbons (Fsp3) is 0.588. The molecule has 1 aliphatic heterocycles. The molecule has 3 heterocycles. The second-order valence-electron chi connectivity index (χ2n) is 6.83. The van der Waals surface area contributed by atoms with Gasteiger partial charge in [0.25, 0.3) is 0 Å². The highest BCUT2D eigenvalue weighted by molar-refractivity contribution is 5.53. The zero-order valence-corrected chi connectivity index (χ0v) is 13.8. The lowest BCUT2D eigenvalue weighted by Gasteiger charge is -2.34. The maximum absolute atomic E-state index is 9.12. The number of aromatic nitrogens is 4. The number of aliphatic hydroxyl groups is 1. The Morgan fingerprint density at radius 2 is 2.13 bits per heavy atom. The van der Waals surface area contributed by atoms with E-state index in [1.807, 2.05) is 16.8 Å². The van der Waals surface area contributed by atoms with E-state index in [2.05, 4.69) is 23.9 Å². The van der Waals surface area contributed by atoms with Crippen LogP contribution in [0.25, 0.3) is 11.4 Å². The second-order valence-corrected chi connectivity index (χ2v) is 6.83. The molecule has 0 saturated carbocycles. The Bertz CT molecular complexity index is 629. The number of hydrogen-bond acceptors (Lipinski definition) is 5. The number of aryl methyl sites for hydroxylation is 1. The van der Waals surface area contributed by atoms with E-state index in [0.717, 1.165) is 30.8 Å². The maximum atomic E-state index is 9.12. The van der Waals surface area contributed by atoms with Gasteiger partial charge in [-0.15, -0.1) is 0 Å². The van der Waals surface area contributed by atoms with E-state index < -0.39 is 0 Å². The third-order valence-electron chi connectivity index (χ3n) is 4.21. The highest BCUT2D eigenvalue weighted by atomic mass is 16.5. The second kappa shape index (κ2) is 6.76. The van der Waals surface area contributed by atoms with Gasteiger partial charge in [0.1, 0.15) is 6.10 Å². The van der Waals surface area contributed by atoms with E-state index in [-0.39, 0.29) is 18.1 Å². The molecule has 0 aliphatic carbocycles. The van der Waals surface area contributed by atoms with Crippen molar-refractivity contribution in [3.05, 3.63) is 30.4 Å². The van der Waals surface area contributed by atoms with Gasteiger partial charge in [-0.25, -0.2) is 9.67 Å². The number of ether oxygens (including phenoxy) is 1. The average molecular weight is 316 g/mol. The van der Waals surface area contributed by atoms with Crippen molar-refractivity contribution in [1.29, 1.82) is 0 Å². The highest BCUT2D eigenvalue weighted by Crippen LogP contribution is 2.36. The lowest BCUT2D eigenvalue weighted by atomic mass is 9.85. The van der Waals surface area contributed by atoms with Crippen LogP contribution in [-0.2, 0) is 11.3 Å². The van der Waals surface area contributed by atoms with E-state index >= 15 is 0 Å². The molecule has 0 amide bonds. The predicted octanol–water partition coefficient (Wildman–Crippen LogP) is 2.60. The third kappa shape index (κ3) is 3.76. The van der Waals surface area contributed by atoms with Gasteiger partial charge in [-0.2, -0.15) is 5.10 Å². The van der Waals surface area contributed by atoms with Gasteiger partial charge in [0, 0.05) is 31.1 Å². The highest BCUT2D eigenvalue weighted by Gasteiger charge is 2.31. The van der Waals surface area contributed by atoms with Gasteiger partial charge in [0.05, 0.1) is 6.61 Å². The minimum atomic E-state index is -0.0233. The zero-order valence-electron chi connectivity index (χ0n) is 13.8. The molecule has 2 aromatic rings. The quantitative estimate of drug-likeness (QED) is 0.918. The summed E-state index contributed by atoms with van der Waals surface area (Å²) in [7, 11) is 0. The Morgan fingerprint density at radius 3 is 2.78 bits per heavy atom. The normalized spacial score (nSPS) is 20.6. The fourth-order valence-electron chi connectivity index (χ4n) is 2.81. The van der Waals surface area contributed by atoms with Gasteiger partial charge in [-0.3, -0.25) is 4.98 Å². The summed E-state index contributed by atoms with van der Waals surface area (Å²) in [6, 6.07) is 3.81. The van der Waals surface area contributed by atoms with Gasteiger partial charge >= 0.3 is 0 Å². The minimum Gasteiger partial charge on any atom is -0.396 e. The Morgan fingerprint density at radius 1 is 1.35 bits per heavy atom. The van der Waals surface area contributed by atoms with Crippen LogP contribution in [0.4, 0.5) is 0 Å². The van der Waals surface area contributed by atoms with Crippen molar-refractivity contribution in [2.24, 2.45) is 5.41 Å². The summed E-state index contributed by atoms with van der Waals surface area (Å²) in [5.74, 6) is 1.55. The summed E-state index contributed by atoms with van der Waals surface area (Å²) in [6.07, 6.45) is 6.16. The number of pyridine rings is 1. The largest absolute Gasteiger partial charge is 0.396 e. The Kier molecular flexibility index (Phi) is 4.73. The standard InChI is InChI=1S/C17H24N4O2/c1-17(2)7-4-14(23-12-17)16-19-15(13-5-8-18-9-6-13)20-21(16)10-3-11-22/h5-6,8-9,14,22H,3-4,7,10-12H2,1-2H3. The lowest BCUT2D eigenvalue weighted by Crippen LogP contribution is -2.29. The average Bonchev–Trinajstić information content (AvgIpc) is 2.98. The molecule has 0 bridgehead atoms. The summed E-state index contributed by atoms with van der Waals surface area (Å²) in [6.45, 7) is 5.97. The molecule has 1 atom stereocenters. The first-order chi connectivity index (χ1) is 11.1. The minimum absolute atomic E-state index is 0.0233. The first-order valence-electron chi connectivity index (χ1n) is 8.17. The first kappa shape index (κ1) is 16.1. The molecule has 1 fully saturated rings. The van der Waals surface area contributed by atoms with E-state index in [0.29, 0.717) is 18.8 Å². The van der Waals surface area contributed by atoms with Crippen LogP contribution in [0.5, 0.6) is 0 Å². The molecule has 0 spiro atoms. The molecule has 124 valence electrons. The Hall–Kier alpha value is -1.79. The van der Waals surface area contributed by atoms with Crippen molar-refractivity contribution in [2.45, 2.75) is 45.8 Å². The first-order valence-corrected chi connectivity index (χ1v) is 8.17. The maximum Gasteiger partial charge on any atom is 0.181 e. The van der Waals surface area contributed by atoms with Crippen LogP contribution in [-0.4, -0.2) is 38.1 Å². The summed E-state index contributed by atoms with van der Waals surface area (Å²) in [4.78, 5) is 8.76. The SMILES string of the molecule is CC1(C)CCC(c2nc(-c3ccncc3)nn2CCCO)OC1. The predicted molar refractivity (Wildman–Crippen MR) is 86.7 cm³/mol. The molecule has 2 aromatic heterocycles. The Balaban J connectivity index is 1.87.